The van der Waals surface area contributed by atoms with Gasteiger partial charge in [-0.15, -0.1) is 0 Å². The number of nitrogens with zero attached hydrogens (tertiary/aromatic N) is 3. The third kappa shape index (κ3) is 8.74. The number of azide groups is 1. The first-order chi connectivity index (χ1) is 10.9. The van der Waals surface area contributed by atoms with E-state index < -0.39 is 0 Å². The Balaban J connectivity index is 2.08. The Bertz CT molecular complexity index is 410. The molecule has 0 saturated heterocycles. The predicted molar refractivity (Wildman–Crippen MR) is 94.8 cm³/mol. The highest BCUT2D eigenvalue weighted by Gasteiger charge is 2.08. The number of rotatable bonds is 13. The van der Waals surface area contributed by atoms with Crippen molar-refractivity contribution in [1.82, 2.24) is 0 Å². The van der Waals surface area contributed by atoms with E-state index in [-0.39, 0.29) is 6.04 Å². The standard InChI is InChI=1S/C19H31N3/c1-2-3-4-5-6-7-8-9-10-14-17-19(21-22-20)18-15-12-11-13-16-18/h11-13,15-16,19H,2-10,14,17H2,1H3. The second-order valence-corrected chi connectivity index (χ2v) is 6.10. The molecule has 1 aromatic rings. The summed E-state index contributed by atoms with van der Waals surface area (Å²) in [7, 11) is 0. The summed E-state index contributed by atoms with van der Waals surface area (Å²) in [6, 6.07) is 10.1. The lowest BCUT2D eigenvalue weighted by Crippen LogP contribution is -1.94. The van der Waals surface area contributed by atoms with Crippen LogP contribution in [0.5, 0.6) is 0 Å². The normalized spacial score (nSPS) is 11.9. The summed E-state index contributed by atoms with van der Waals surface area (Å²) in [5, 5.41) is 3.95. The van der Waals surface area contributed by atoms with Gasteiger partial charge < -0.3 is 0 Å². The van der Waals surface area contributed by atoms with Crippen LogP contribution >= 0.6 is 0 Å². The topological polar surface area (TPSA) is 48.8 Å². The molecule has 0 radical (unpaired) electrons. The summed E-state index contributed by atoms with van der Waals surface area (Å²) in [5.74, 6) is 0. The van der Waals surface area contributed by atoms with E-state index in [1.165, 1.54) is 57.8 Å². The molecule has 0 amide bonds. The molecule has 22 heavy (non-hydrogen) atoms. The first kappa shape index (κ1) is 18.6. The van der Waals surface area contributed by atoms with Gasteiger partial charge in [-0.1, -0.05) is 107 Å². The Kier molecular flexibility index (Phi) is 11.2. The lowest BCUT2D eigenvalue weighted by atomic mass is 10.00. The quantitative estimate of drug-likeness (QED) is 0.158. The molecule has 0 aliphatic carbocycles. The molecular formula is C19H31N3. The van der Waals surface area contributed by atoms with Crippen molar-refractivity contribution in [2.45, 2.75) is 83.6 Å². The third-order valence-electron chi connectivity index (χ3n) is 4.21. The lowest BCUT2D eigenvalue weighted by Gasteiger charge is -2.11. The van der Waals surface area contributed by atoms with Crippen LogP contribution in [0.2, 0.25) is 0 Å². The van der Waals surface area contributed by atoms with Crippen LogP contribution in [-0.4, -0.2) is 0 Å². The van der Waals surface area contributed by atoms with Crippen molar-refractivity contribution in [3.63, 3.8) is 0 Å². The second-order valence-electron chi connectivity index (χ2n) is 6.10. The SMILES string of the molecule is CCCCCCCCCCCCC(N=[N+]=[N-])c1ccccc1. The maximum absolute atomic E-state index is 8.72. The van der Waals surface area contributed by atoms with Gasteiger partial charge in [0.05, 0.1) is 6.04 Å². The maximum Gasteiger partial charge on any atom is 0.0625 e. The second kappa shape index (κ2) is 13.2. The molecule has 3 nitrogen and oxygen atoms in total. The Morgan fingerprint density at radius 1 is 0.864 bits per heavy atom. The average molecular weight is 301 g/mol. The van der Waals surface area contributed by atoms with E-state index in [1.54, 1.807) is 0 Å². The van der Waals surface area contributed by atoms with Crippen LogP contribution < -0.4 is 0 Å². The highest BCUT2D eigenvalue weighted by Crippen LogP contribution is 2.24. The summed E-state index contributed by atoms with van der Waals surface area (Å²) >= 11 is 0. The van der Waals surface area contributed by atoms with Gasteiger partial charge in [-0.3, -0.25) is 0 Å². The minimum Gasteiger partial charge on any atom is -0.0859 e. The Morgan fingerprint density at radius 2 is 1.41 bits per heavy atom. The first-order valence-electron chi connectivity index (χ1n) is 8.97. The van der Waals surface area contributed by atoms with Gasteiger partial charge in [0, 0.05) is 4.91 Å². The molecule has 0 fully saturated rings. The molecule has 0 bridgehead atoms. The van der Waals surface area contributed by atoms with E-state index in [9.17, 15) is 0 Å². The zero-order chi connectivity index (χ0) is 15.9. The van der Waals surface area contributed by atoms with Crippen molar-refractivity contribution in [3.05, 3.63) is 46.3 Å². The molecule has 1 rings (SSSR count). The molecule has 1 atom stereocenters. The van der Waals surface area contributed by atoms with Crippen LogP contribution in [0.25, 0.3) is 10.4 Å². The van der Waals surface area contributed by atoms with E-state index in [0.29, 0.717) is 0 Å². The van der Waals surface area contributed by atoms with Crippen LogP contribution in [0, 0.1) is 0 Å². The zero-order valence-corrected chi connectivity index (χ0v) is 14.1. The molecule has 122 valence electrons. The zero-order valence-electron chi connectivity index (χ0n) is 14.1. The maximum atomic E-state index is 8.72. The summed E-state index contributed by atoms with van der Waals surface area (Å²) < 4.78 is 0. The van der Waals surface area contributed by atoms with Gasteiger partial charge in [-0.25, -0.2) is 0 Å². The molecule has 0 aliphatic heterocycles. The summed E-state index contributed by atoms with van der Waals surface area (Å²) in [6.45, 7) is 2.26. The van der Waals surface area contributed by atoms with Crippen LogP contribution in [-0.2, 0) is 0 Å². The fraction of sp³-hybridized carbons (Fsp3) is 0.684. The van der Waals surface area contributed by atoms with Gasteiger partial charge in [-0.05, 0) is 17.5 Å². The van der Waals surface area contributed by atoms with E-state index in [4.69, 9.17) is 5.53 Å². The fourth-order valence-electron chi connectivity index (χ4n) is 2.85. The molecule has 0 aromatic heterocycles. The summed E-state index contributed by atoms with van der Waals surface area (Å²) in [4.78, 5) is 3.00. The number of benzene rings is 1. The van der Waals surface area contributed by atoms with Gasteiger partial charge in [-0.2, -0.15) is 0 Å². The molecule has 0 heterocycles. The monoisotopic (exact) mass is 301 g/mol. The number of hydrogen-bond acceptors (Lipinski definition) is 1. The highest BCUT2D eigenvalue weighted by atomic mass is 15.1. The summed E-state index contributed by atoms with van der Waals surface area (Å²) in [6.07, 6.45) is 14.3. The van der Waals surface area contributed by atoms with Gasteiger partial charge in [0.15, 0.2) is 0 Å². The largest absolute Gasteiger partial charge is 0.0859 e. The molecule has 3 heteroatoms. The Hall–Kier alpha value is -1.47. The van der Waals surface area contributed by atoms with Crippen molar-refractivity contribution in [2.75, 3.05) is 0 Å². The van der Waals surface area contributed by atoms with Gasteiger partial charge in [0.1, 0.15) is 0 Å². The van der Waals surface area contributed by atoms with Crippen LogP contribution in [0.3, 0.4) is 0 Å². The van der Waals surface area contributed by atoms with Gasteiger partial charge >= 0.3 is 0 Å². The molecule has 0 N–H and O–H groups in total. The Labute approximate surface area is 135 Å². The van der Waals surface area contributed by atoms with E-state index in [0.717, 1.165) is 18.4 Å². The van der Waals surface area contributed by atoms with Crippen molar-refractivity contribution >= 4 is 0 Å². The van der Waals surface area contributed by atoms with Crippen molar-refractivity contribution in [3.8, 4) is 0 Å². The third-order valence-corrected chi connectivity index (χ3v) is 4.21. The van der Waals surface area contributed by atoms with Gasteiger partial charge in [0.2, 0.25) is 0 Å². The van der Waals surface area contributed by atoms with Gasteiger partial charge in [0.25, 0.3) is 0 Å². The van der Waals surface area contributed by atoms with Crippen LogP contribution in [0.4, 0.5) is 0 Å². The molecule has 1 aromatic carbocycles. The lowest BCUT2D eigenvalue weighted by molar-refractivity contribution is 0.528. The smallest absolute Gasteiger partial charge is 0.0625 e. The number of unbranched alkanes of at least 4 members (excludes halogenated alkanes) is 9. The first-order valence-corrected chi connectivity index (χ1v) is 8.97. The van der Waals surface area contributed by atoms with Crippen LogP contribution in [0.15, 0.2) is 35.4 Å². The van der Waals surface area contributed by atoms with E-state index in [1.807, 2.05) is 18.2 Å². The molecule has 0 saturated carbocycles. The molecule has 0 aliphatic rings. The molecule has 1 unspecified atom stereocenters. The Morgan fingerprint density at radius 3 is 1.95 bits per heavy atom. The highest BCUT2D eigenvalue weighted by molar-refractivity contribution is 5.18. The minimum atomic E-state index is 0.000226. The van der Waals surface area contributed by atoms with Crippen molar-refractivity contribution < 1.29 is 0 Å². The van der Waals surface area contributed by atoms with E-state index >= 15 is 0 Å². The average Bonchev–Trinajstić information content (AvgIpc) is 2.56. The number of hydrogen-bond donors (Lipinski definition) is 0. The summed E-state index contributed by atoms with van der Waals surface area (Å²) in [5.41, 5.74) is 9.85. The van der Waals surface area contributed by atoms with Crippen molar-refractivity contribution in [1.29, 1.82) is 0 Å². The minimum absolute atomic E-state index is 0.000226. The van der Waals surface area contributed by atoms with Crippen molar-refractivity contribution in [2.24, 2.45) is 5.11 Å². The predicted octanol–water partition coefficient (Wildman–Crippen LogP) is 7.35. The van der Waals surface area contributed by atoms with E-state index in [2.05, 4.69) is 29.1 Å². The fourth-order valence-corrected chi connectivity index (χ4v) is 2.85. The van der Waals surface area contributed by atoms with Crippen LogP contribution in [0.1, 0.15) is 89.2 Å². The molecule has 0 spiro atoms. The molecular weight excluding hydrogens is 270 g/mol.